The van der Waals surface area contributed by atoms with Crippen LogP contribution < -0.4 is 5.73 Å². The molecule has 0 aliphatic rings. The topological polar surface area (TPSA) is 154 Å². The Balaban J connectivity index is 1.47. The van der Waals surface area contributed by atoms with E-state index in [1.807, 2.05) is 16.8 Å². The van der Waals surface area contributed by atoms with Crippen molar-refractivity contribution < 1.29 is 19.1 Å². The van der Waals surface area contributed by atoms with Crippen LogP contribution in [0.2, 0.25) is 5.02 Å². The Hall–Kier alpha value is -4.42. The minimum absolute atomic E-state index is 0.278. The van der Waals surface area contributed by atoms with Gasteiger partial charge in [0.25, 0.3) is 0 Å². The smallest absolute Gasteiger partial charge is 0.337 e. The first-order valence-corrected chi connectivity index (χ1v) is 14.0. The zero-order valence-corrected chi connectivity index (χ0v) is 25.3. The number of carbonyl (C=O) groups is 2. The fourth-order valence-electron chi connectivity index (χ4n) is 5.29. The molecule has 4 heterocycles. The predicted octanol–water partition coefficient (Wildman–Crippen LogP) is 6.01. The van der Waals surface area contributed by atoms with E-state index in [9.17, 15) is 9.59 Å². The monoisotopic (exact) mass is 649 g/mol. The highest BCUT2D eigenvalue weighted by molar-refractivity contribution is 9.10. The van der Waals surface area contributed by atoms with Crippen molar-refractivity contribution in [2.24, 2.45) is 0 Å². The maximum absolute atomic E-state index is 12.1. The molecule has 6 aromatic rings. The number of aromatic amines is 2. The first kappa shape index (κ1) is 27.7. The second-order valence-corrected chi connectivity index (χ2v) is 11.7. The van der Waals surface area contributed by atoms with Gasteiger partial charge in [-0.2, -0.15) is 5.10 Å². The summed E-state index contributed by atoms with van der Waals surface area (Å²) in [4.78, 5) is 39.6. The molecule has 0 aliphatic heterocycles. The molecule has 42 heavy (non-hydrogen) atoms. The Bertz CT molecular complexity index is 2060. The van der Waals surface area contributed by atoms with Gasteiger partial charge in [-0.05, 0) is 65.7 Å². The number of halogens is 2. The number of carbonyl (C=O) groups excluding carboxylic acids is 2. The fourth-order valence-corrected chi connectivity index (χ4v) is 6.13. The number of esters is 2. The molecule has 214 valence electrons. The van der Waals surface area contributed by atoms with E-state index in [2.05, 4.69) is 49.7 Å². The average molecular weight is 651 g/mol. The molecule has 0 saturated heterocycles. The first-order chi connectivity index (χ1) is 20.0. The summed E-state index contributed by atoms with van der Waals surface area (Å²) >= 11 is 10.2. The van der Waals surface area contributed by atoms with Gasteiger partial charge >= 0.3 is 11.9 Å². The molecule has 0 fully saturated rings. The Morgan fingerprint density at radius 3 is 2.43 bits per heavy atom. The van der Waals surface area contributed by atoms with Crippen molar-refractivity contribution in [2.75, 3.05) is 20.0 Å². The van der Waals surface area contributed by atoms with Crippen molar-refractivity contribution in [3.63, 3.8) is 0 Å². The summed E-state index contributed by atoms with van der Waals surface area (Å²) in [7, 11) is 2.67. The minimum atomic E-state index is -0.600. The number of fused-ring (bicyclic) bond motifs is 3. The summed E-state index contributed by atoms with van der Waals surface area (Å²) in [5.74, 6) is -0.619. The second kappa shape index (κ2) is 10.1. The highest BCUT2D eigenvalue weighted by Crippen LogP contribution is 2.38. The molecular weight excluding hydrogens is 626 g/mol. The van der Waals surface area contributed by atoms with Gasteiger partial charge in [0.05, 0.1) is 51.6 Å². The quantitative estimate of drug-likeness (QED) is 0.185. The molecule has 0 unspecified atom stereocenters. The fraction of sp³-hybridized carbons (Fsp3) is 0.207. The third kappa shape index (κ3) is 4.47. The maximum atomic E-state index is 12.1. The molecule has 0 amide bonds. The molecule has 2 aromatic carbocycles. The van der Waals surface area contributed by atoms with E-state index in [1.165, 1.54) is 20.5 Å². The van der Waals surface area contributed by atoms with Gasteiger partial charge < -0.3 is 25.2 Å². The Labute approximate surface area is 252 Å². The molecule has 0 spiro atoms. The molecule has 0 bridgehead atoms. The molecule has 0 aliphatic carbocycles. The summed E-state index contributed by atoms with van der Waals surface area (Å²) in [5, 5.41) is 7.66. The molecule has 4 aromatic heterocycles. The van der Waals surface area contributed by atoms with E-state index < -0.39 is 17.5 Å². The number of nitrogens with zero attached hydrogens (tertiary/aromatic N) is 4. The zero-order chi connectivity index (χ0) is 29.9. The van der Waals surface area contributed by atoms with Gasteiger partial charge in [0.15, 0.2) is 5.65 Å². The highest BCUT2D eigenvalue weighted by atomic mass is 79.9. The number of hydrogen-bond acceptors (Lipinski definition) is 8. The van der Waals surface area contributed by atoms with E-state index in [1.54, 1.807) is 24.3 Å². The van der Waals surface area contributed by atoms with Gasteiger partial charge in [-0.25, -0.2) is 24.2 Å². The molecule has 11 nitrogen and oxygen atoms in total. The highest BCUT2D eigenvalue weighted by Gasteiger charge is 2.31. The molecule has 0 radical (unpaired) electrons. The molecular formula is C29H25BrClN7O4. The van der Waals surface area contributed by atoms with Crippen LogP contribution in [0.5, 0.6) is 0 Å². The van der Waals surface area contributed by atoms with Gasteiger partial charge in [-0.3, -0.25) is 0 Å². The molecule has 0 saturated carbocycles. The number of methoxy groups -OCH3 is 2. The van der Waals surface area contributed by atoms with E-state index in [4.69, 9.17) is 31.9 Å². The number of benzene rings is 2. The number of ether oxygens (including phenoxy) is 2. The SMILES string of the molecule is COC(=O)c1cc(Cl)c2cc(-c3nn(C(C)(C)Cc4c(Br)[nH]c5cc(C(=O)OC)ccc45)c4ncnc(N)c34)[nH]c2c1. The van der Waals surface area contributed by atoms with Crippen LogP contribution >= 0.6 is 27.5 Å². The third-order valence-corrected chi connectivity index (χ3v) is 8.31. The third-order valence-electron chi connectivity index (χ3n) is 7.32. The van der Waals surface area contributed by atoms with Crippen molar-refractivity contribution in [1.82, 2.24) is 29.7 Å². The number of anilines is 1. The lowest BCUT2D eigenvalue weighted by molar-refractivity contribution is 0.0592. The Morgan fingerprint density at radius 1 is 1.00 bits per heavy atom. The molecule has 13 heteroatoms. The van der Waals surface area contributed by atoms with E-state index in [-0.39, 0.29) is 5.82 Å². The van der Waals surface area contributed by atoms with Gasteiger partial charge in [-0.15, -0.1) is 0 Å². The maximum Gasteiger partial charge on any atom is 0.337 e. The summed E-state index contributed by atoms with van der Waals surface area (Å²) in [6, 6.07) is 10.5. The number of nitrogens with two attached hydrogens (primary N) is 1. The van der Waals surface area contributed by atoms with Crippen LogP contribution in [0.1, 0.15) is 40.1 Å². The van der Waals surface area contributed by atoms with E-state index in [0.29, 0.717) is 55.9 Å². The van der Waals surface area contributed by atoms with Gasteiger partial charge in [0, 0.05) is 28.2 Å². The first-order valence-electron chi connectivity index (χ1n) is 12.8. The lowest BCUT2D eigenvalue weighted by Gasteiger charge is -2.26. The van der Waals surface area contributed by atoms with Gasteiger partial charge in [-0.1, -0.05) is 17.7 Å². The average Bonchev–Trinajstić information content (AvgIpc) is 3.66. The summed E-state index contributed by atoms with van der Waals surface area (Å²) in [6.45, 7) is 4.11. The van der Waals surface area contributed by atoms with Crippen molar-refractivity contribution in [3.8, 4) is 11.4 Å². The molecule has 4 N–H and O–H groups in total. The summed E-state index contributed by atoms with van der Waals surface area (Å²) < 4.78 is 12.4. The van der Waals surface area contributed by atoms with Crippen LogP contribution in [0.4, 0.5) is 5.82 Å². The van der Waals surface area contributed by atoms with Gasteiger partial charge in [0.2, 0.25) is 0 Å². The van der Waals surface area contributed by atoms with E-state index >= 15 is 0 Å². The number of H-pyrrole nitrogens is 2. The standard InChI is InChI=1S/C29H25BrClN7O4/c1-29(2,11-17-15-6-5-13(27(39)41-3)8-19(15)36-24(17)30)38-26-22(25(32)33-12-34-26)23(37-38)21-10-16-18(31)7-14(28(40)42-4)9-20(16)35-21/h5-10,12,35-36H,11H2,1-4H3,(H2,32,33,34). The minimum Gasteiger partial charge on any atom is -0.465 e. The van der Waals surface area contributed by atoms with Crippen LogP contribution in [0.15, 0.2) is 47.3 Å². The number of hydrogen-bond donors (Lipinski definition) is 3. The van der Waals surface area contributed by atoms with Crippen LogP contribution in [0, 0.1) is 0 Å². The Kier molecular flexibility index (Phi) is 6.70. The number of rotatable bonds is 6. The predicted molar refractivity (Wildman–Crippen MR) is 164 cm³/mol. The Morgan fingerprint density at radius 2 is 1.69 bits per heavy atom. The lowest BCUT2D eigenvalue weighted by atomic mass is 9.94. The number of aromatic nitrogens is 6. The number of nitrogen functional groups attached to an aromatic ring is 1. The van der Waals surface area contributed by atoms with Gasteiger partial charge in [0.1, 0.15) is 17.8 Å². The summed E-state index contributed by atoms with van der Waals surface area (Å²) in [5.41, 5.74) is 10.8. The van der Waals surface area contributed by atoms with Crippen molar-refractivity contribution >= 4 is 78.1 Å². The molecule has 6 rings (SSSR count). The van der Waals surface area contributed by atoms with Crippen LogP contribution in [0.25, 0.3) is 44.2 Å². The lowest BCUT2D eigenvalue weighted by Crippen LogP contribution is -2.30. The molecule has 0 atom stereocenters. The van der Waals surface area contributed by atoms with Crippen molar-refractivity contribution in [1.29, 1.82) is 0 Å². The zero-order valence-electron chi connectivity index (χ0n) is 23.0. The summed E-state index contributed by atoms with van der Waals surface area (Å²) in [6.07, 6.45) is 1.96. The van der Waals surface area contributed by atoms with Crippen molar-refractivity contribution in [2.45, 2.75) is 25.8 Å². The van der Waals surface area contributed by atoms with Crippen molar-refractivity contribution in [3.05, 3.63) is 69.0 Å². The van der Waals surface area contributed by atoms with Crippen LogP contribution in [-0.4, -0.2) is 55.9 Å². The normalized spacial score (nSPS) is 12.0. The van der Waals surface area contributed by atoms with Crippen LogP contribution in [0.3, 0.4) is 0 Å². The number of nitrogens with one attached hydrogen (secondary N) is 2. The second-order valence-electron chi connectivity index (χ2n) is 10.5. The largest absolute Gasteiger partial charge is 0.465 e. The van der Waals surface area contributed by atoms with Crippen LogP contribution in [-0.2, 0) is 21.4 Å². The van der Waals surface area contributed by atoms with E-state index in [0.717, 1.165) is 21.1 Å².